The summed E-state index contributed by atoms with van der Waals surface area (Å²) in [7, 11) is 0. The highest BCUT2D eigenvalue weighted by Gasteiger charge is 2.10. The van der Waals surface area contributed by atoms with Gasteiger partial charge in [0.05, 0.1) is 6.20 Å². The van der Waals surface area contributed by atoms with E-state index in [0.717, 1.165) is 23.4 Å². The molecular weight excluding hydrogens is 243 g/mol. The van der Waals surface area contributed by atoms with Gasteiger partial charge in [-0.1, -0.05) is 0 Å². The lowest BCUT2D eigenvalue weighted by molar-refractivity contribution is 0.444. The van der Waals surface area contributed by atoms with Crippen molar-refractivity contribution in [3.63, 3.8) is 0 Å². The molecule has 2 rings (SSSR count). The quantitative estimate of drug-likeness (QED) is 0.824. The van der Waals surface area contributed by atoms with Gasteiger partial charge >= 0.3 is 0 Å². The number of aromatic nitrogens is 2. The fourth-order valence-corrected chi connectivity index (χ4v) is 1.61. The van der Waals surface area contributed by atoms with Gasteiger partial charge in [0.15, 0.2) is 17.5 Å². The van der Waals surface area contributed by atoms with Gasteiger partial charge in [0.2, 0.25) is 0 Å². The number of benzene rings is 1. The number of nitrogens with zero attached hydrogens (tertiary/aromatic N) is 1. The number of halogens is 3. The minimum absolute atomic E-state index is 0.249. The summed E-state index contributed by atoms with van der Waals surface area (Å²) in [6.07, 6.45) is 1.67. The molecule has 3 nitrogen and oxygen atoms in total. The normalized spacial score (nSPS) is 10.9. The van der Waals surface area contributed by atoms with E-state index in [1.807, 2.05) is 6.92 Å². The van der Waals surface area contributed by atoms with Crippen molar-refractivity contribution in [2.45, 2.75) is 20.0 Å². The van der Waals surface area contributed by atoms with E-state index in [2.05, 4.69) is 15.5 Å². The van der Waals surface area contributed by atoms with Gasteiger partial charge in [0, 0.05) is 24.3 Å². The highest BCUT2D eigenvalue weighted by Crippen LogP contribution is 2.13. The largest absolute Gasteiger partial charge is 0.308 e. The first-order valence-electron chi connectivity index (χ1n) is 5.41. The van der Waals surface area contributed by atoms with Crippen molar-refractivity contribution in [3.8, 4) is 0 Å². The van der Waals surface area contributed by atoms with E-state index in [0.29, 0.717) is 12.1 Å². The van der Waals surface area contributed by atoms with Gasteiger partial charge in [-0.2, -0.15) is 5.10 Å². The molecule has 0 radical (unpaired) electrons. The van der Waals surface area contributed by atoms with E-state index < -0.39 is 17.5 Å². The fourth-order valence-electron chi connectivity index (χ4n) is 1.61. The van der Waals surface area contributed by atoms with Gasteiger partial charge in [0.1, 0.15) is 0 Å². The minimum Gasteiger partial charge on any atom is -0.308 e. The van der Waals surface area contributed by atoms with Gasteiger partial charge in [-0.15, -0.1) is 0 Å². The van der Waals surface area contributed by atoms with Crippen LogP contribution in [0.5, 0.6) is 0 Å². The van der Waals surface area contributed by atoms with Crippen molar-refractivity contribution in [2.75, 3.05) is 0 Å². The highest BCUT2D eigenvalue weighted by molar-refractivity contribution is 5.20. The van der Waals surface area contributed by atoms with E-state index in [9.17, 15) is 13.2 Å². The second kappa shape index (κ2) is 5.22. The van der Waals surface area contributed by atoms with Crippen LogP contribution in [0.15, 0.2) is 18.3 Å². The zero-order chi connectivity index (χ0) is 13.1. The Morgan fingerprint density at radius 3 is 2.39 bits per heavy atom. The molecule has 2 aromatic rings. The molecule has 1 aromatic carbocycles. The van der Waals surface area contributed by atoms with Crippen molar-refractivity contribution in [3.05, 3.63) is 52.6 Å². The third-order valence-electron chi connectivity index (χ3n) is 2.62. The Morgan fingerprint density at radius 2 is 1.83 bits per heavy atom. The lowest BCUT2D eigenvalue weighted by Crippen LogP contribution is -2.13. The summed E-state index contributed by atoms with van der Waals surface area (Å²) < 4.78 is 38.6. The van der Waals surface area contributed by atoms with Crippen molar-refractivity contribution < 1.29 is 13.2 Å². The van der Waals surface area contributed by atoms with Crippen LogP contribution in [0.1, 0.15) is 16.8 Å². The summed E-state index contributed by atoms with van der Waals surface area (Å²) in [5.41, 5.74) is 2.25. The van der Waals surface area contributed by atoms with Crippen molar-refractivity contribution >= 4 is 0 Å². The first kappa shape index (κ1) is 12.6. The van der Waals surface area contributed by atoms with Crippen molar-refractivity contribution in [1.82, 2.24) is 15.5 Å². The first-order valence-corrected chi connectivity index (χ1v) is 5.41. The van der Waals surface area contributed by atoms with E-state index in [4.69, 9.17) is 0 Å². The average molecular weight is 255 g/mol. The summed E-state index contributed by atoms with van der Waals surface area (Å²) in [5, 5.41) is 9.64. The van der Waals surface area contributed by atoms with Crippen LogP contribution in [0, 0.1) is 24.4 Å². The smallest absolute Gasteiger partial charge is 0.194 e. The molecule has 1 heterocycles. The van der Waals surface area contributed by atoms with E-state index in [-0.39, 0.29) is 6.54 Å². The Morgan fingerprint density at radius 1 is 1.17 bits per heavy atom. The molecule has 0 aliphatic carbocycles. The average Bonchev–Trinajstić information content (AvgIpc) is 2.72. The SMILES string of the molecule is Cc1[nH]ncc1CNCc1cc(F)c(F)c(F)c1. The third kappa shape index (κ3) is 2.70. The van der Waals surface area contributed by atoms with Crippen molar-refractivity contribution in [1.29, 1.82) is 0 Å². The second-order valence-electron chi connectivity index (χ2n) is 4.00. The predicted octanol–water partition coefficient (Wildman–Crippen LogP) is 2.43. The number of aryl methyl sites for hydroxylation is 1. The summed E-state index contributed by atoms with van der Waals surface area (Å²) in [6, 6.07) is 1.96. The molecule has 2 N–H and O–H groups in total. The molecule has 0 unspecified atom stereocenters. The Balaban J connectivity index is 1.97. The van der Waals surface area contributed by atoms with Crippen LogP contribution in [-0.2, 0) is 13.1 Å². The number of rotatable bonds is 4. The van der Waals surface area contributed by atoms with Crippen LogP contribution in [0.25, 0.3) is 0 Å². The van der Waals surface area contributed by atoms with Gasteiger partial charge in [-0.05, 0) is 24.6 Å². The van der Waals surface area contributed by atoms with Gasteiger partial charge < -0.3 is 5.32 Å². The van der Waals surface area contributed by atoms with E-state index >= 15 is 0 Å². The molecule has 0 saturated heterocycles. The predicted molar refractivity (Wildman–Crippen MR) is 60.2 cm³/mol. The molecule has 96 valence electrons. The number of H-pyrrole nitrogens is 1. The Bertz CT molecular complexity index is 528. The Hall–Kier alpha value is -1.82. The lowest BCUT2D eigenvalue weighted by atomic mass is 10.2. The monoisotopic (exact) mass is 255 g/mol. The summed E-state index contributed by atoms with van der Waals surface area (Å²) >= 11 is 0. The first-order chi connectivity index (χ1) is 8.58. The maximum atomic E-state index is 12.9. The molecule has 0 fully saturated rings. The molecule has 0 saturated carbocycles. The van der Waals surface area contributed by atoms with Crippen LogP contribution in [-0.4, -0.2) is 10.2 Å². The van der Waals surface area contributed by atoms with Crippen LogP contribution in [0.3, 0.4) is 0 Å². The number of aromatic amines is 1. The topological polar surface area (TPSA) is 40.7 Å². The standard InChI is InChI=1S/C12H12F3N3/c1-7-9(6-17-18-7)5-16-4-8-2-10(13)12(15)11(14)3-8/h2-3,6,16H,4-5H2,1H3,(H,17,18). The van der Waals surface area contributed by atoms with Gasteiger partial charge in [0.25, 0.3) is 0 Å². The zero-order valence-corrected chi connectivity index (χ0v) is 9.73. The lowest BCUT2D eigenvalue weighted by Gasteiger charge is -2.05. The molecule has 0 bridgehead atoms. The Kier molecular flexibility index (Phi) is 3.66. The van der Waals surface area contributed by atoms with Gasteiger partial charge in [-0.3, -0.25) is 5.10 Å². The van der Waals surface area contributed by atoms with Crippen LogP contribution in [0.4, 0.5) is 13.2 Å². The van der Waals surface area contributed by atoms with Crippen LogP contribution in [0.2, 0.25) is 0 Å². The molecule has 0 atom stereocenters. The zero-order valence-electron chi connectivity index (χ0n) is 9.73. The molecule has 1 aromatic heterocycles. The van der Waals surface area contributed by atoms with Gasteiger partial charge in [-0.25, -0.2) is 13.2 Å². The number of nitrogens with one attached hydrogen (secondary N) is 2. The van der Waals surface area contributed by atoms with E-state index in [1.165, 1.54) is 0 Å². The van der Waals surface area contributed by atoms with Crippen LogP contribution < -0.4 is 5.32 Å². The molecule has 0 aliphatic rings. The molecule has 0 amide bonds. The fraction of sp³-hybridized carbons (Fsp3) is 0.250. The Labute approximate surface area is 102 Å². The van der Waals surface area contributed by atoms with Crippen molar-refractivity contribution in [2.24, 2.45) is 0 Å². The number of hydrogen-bond donors (Lipinski definition) is 2. The maximum Gasteiger partial charge on any atom is 0.194 e. The summed E-state index contributed by atoms with van der Waals surface area (Å²) in [6.45, 7) is 2.64. The summed E-state index contributed by atoms with van der Waals surface area (Å²) in [4.78, 5) is 0. The molecule has 18 heavy (non-hydrogen) atoms. The molecule has 0 spiro atoms. The highest BCUT2D eigenvalue weighted by atomic mass is 19.2. The maximum absolute atomic E-state index is 12.9. The van der Waals surface area contributed by atoms with E-state index in [1.54, 1.807) is 6.20 Å². The number of hydrogen-bond acceptors (Lipinski definition) is 2. The molecule has 0 aliphatic heterocycles. The summed E-state index contributed by atoms with van der Waals surface area (Å²) in [5.74, 6) is -3.79. The molecular formula is C12H12F3N3. The minimum atomic E-state index is -1.44. The second-order valence-corrected chi connectivity index (χ2v) is 4.00. The third-order valence-corrected chi connectivity index (χ3v) is 2.62. The van der Waals surface area contributed by atoms with Crippen LogP contribution >= 0.6 is 0 Å². The molecule has 6 heteroatoms.